The number of rotatable bonds is 2. The summed E-state index contributed by atoms with van der Waals surface area (Å²) in [5, 5.41) is 0. The first kappa shape index (κ1) is 16.0. The van der Waals surface area contributed by atoms with Crippen molar-refractivity contribution < 1.29 is 19.1 Å². The van der Waals surface area contributed by atoms with E-state index in [0.29, 0.717) is 5.57 Å². The van der Waals surface area contributed by atoms with E-state index in [2.05, 4.69) is 13.5 Å². The Balaban J connectivity index is 1.99. The minimum absolute atomic E-state index is 0.0257. The Labute approximate surface area is 137 Å². The molecule has 0 bridgehead atoms. The molecule has 3 rings (SSSR count). The van der Waals surface area contributed by atoms with Gasteiger partial charge in [0.15, 0.2) is 0 Å². The Hall–Kier alpha value is -1.84. The van der Waals surface area contributed by atoms with Crippen molar-refractivity contribution in [2.45, 2.75) is 58.2 Å². The summed E-state index contributed by atoms with van der Waals surface area (Å²) in [4.78, 5) is 24.0. The van der Waals surface area contributed by atoms with E-state index in [1.807, 2.05) is 6.92 Å². The molecule has 1 saturated heterocycles. The zero-order valence-electron chi connectivity index (χ0n) is 14.1. The third-order valence-electron chi connectivity index (χ3n) is 5.62. The Kier molecular flexibility index (Phi) is 3.95. The summed E-state index contributed by atoms with van der Waals surface area (Å²) in [6.07, 6.45) is 6.34. The Bertz CT molecular complexity index is 627. The summed E-state index contributed by atoms with van der Waals surface area (Å²) < 4.78 is 11.5. The van der Waals surface area contributed by atoms with Crippen LogP contribution in [0.5, 0.6) is 0 Å². The molecule has 2 fully saturated rings. The smallest absolute Gasteiger partial charge is 0.334 e. The van der Waals surface area contributed by atoms with Gasteiger partial charge in [0.25, 0.3) is 0 Å². The number of hydrogen-bond donors (Lipinski definition) is 0. The first-order valence-electron chi connectivity index (χ1n) is 8.31. The molecule has 4 atom stereocenters. The third-order valence-corrected chi connectivity index (χ3v) is 5.62. The Morgan fingerprint density at radius 2 is 2.17 bits per heavy atom. The molecule has 124 valence electrons. The van der Waals surface area contributed by atoms with E-state index in [1.165, 1.54) is 17.2 Å². The van der Waals surface area contributed by atoms with Crippen LogP contribution >= 0.6 is 0 Å². The van der Waals surface area contributed by atoms with Gasteiger partial charge >= 0.3 is 11.9 Å². The molecule has 0 amide bonds. The molecule has 1 aliphatic heterocycles. The van der Waals surface area contributed by atoms with Crippen LogP contribution in [0.2, 0.25) is 0 Å². The highest BCUT2D eigenvalue weighted by molar-refractivity contribution is 5.91. The molecule has 0 aromatic rings. The fourth-order valence-electron chi connectivity index (χ4n) is 4.40. The van der Waals surface area contributed by atoms with Crippen molar-refractivity contribution in [3.8, 4) is 0 Å². The molecule has 1 saturated carbocycles. The van der Waals surface area contributed by atoms with Crippen LogP contribution in [0.3, 0.4) is 0 Å². The molecule has 4 nitrogen and oxygen atoms in total. The molecule has 0 radical (unpaired) electrons. The highest BCUT2D eigenvalue weighted by atomic mass is 16.6. The van der Waals surface area contributed by atoms with Crippen LogP contribution in [-0.4, -0.2) is 23.6 Å². The van der Waals surface area contributed by atoms with Gasteiger partial charge in [-0.3, -0.25) is 0 Å². The predicted octanol–water partition coefficient (Wildman–Crippen LogP) is 3.48. The van der Waals surface area contributed by atoms with Gasteiger partial charge in [0.2, 0.25) is 0 Å². The first-order chi connectivity index (χ1) is 10.9. The summed E-state index contributed by atoms with van der Waals surface area (Å²) in [5.41, 5.74) is 2.58. The van der Waals surface area contributed by atoms with Gasteiger partial charge in [-0.25, -0.2) is 9.59 Å². The third kappa shape index (κ3) is 2.54. The molecule has 0 aromatic heterocycles. The summed E-state index contributed by atoms with van der Waals surface area (Å²) in [7, 11) is 0. The van der Waals surface area contributed by atoms with Gasteiger partial charge in [-0.2, -0.15) is 0 Å². The van der Waals surface area contributed by atoms with Gasteiger partial charge in [0, 0.05) is 17.6 Å². The lowest BCUT2D eigenvalue weighted by Crippen LogP contribution is -2.43. The van der Waals surface area contributed by atoms with E-state index >= 15 is 0 Å². The number of allylic oxidation sites excluding steroid dienone is 2. The average Bonchev–Trinajstić information content (AvgIpc) is 2.89. The Morgan fingerprint density at radius 1 is 1.43 bits per heavy atom. The van der Waals surface area contributed by atoms with Crippen LogP contribution < -0.4 is 0 Å². The van der Waals surface area contributed by atoms with Crippen LogP contribution in [-0.2, 0) is 19.1 Å². The maximum absolute atomic E-state index is 12.0. The minimum atomic E-state index is -0.634. The van der Waals surface area contributed by atoms with Gasteiger partial charge in [-0.15, -0.1) is 0 Å². The molecular formula is C19H24O4. The molecule has 0 aromatic carbocycles. The second kappa shape index (κ2) is 5.66. The fourth-order valence-corrected chi connectivity index (χ4v) is 4.40. The van der Waals surface area contributed by atoms with Crippen molar-refractivity contribution in [3.05, 3.63) is 35.5 Å². The van der Waals surface area contributed by atoms with Gasteiger partial charge < -0.3 is 9.47 Å². The van der Waals surface area contributed by atoms with Crippen molar-refractivity contribution >= 4 is 11.9 Å². The maximum atomic E-state index is 12.0. The SMILES string of the molecule is C=C1C(=O)O[C@@H]2C3C(=C(C)CC[C@@H]12)CC[C@@]3(C)OC(=O)/C=C/C. The van der Waals surface area contributed by atoms with Crippen molar-refractivity contribution in [2.24, 2.45) is 11.8 Å². The summed E-state index contributed by atoms with van der Waals surface area (Å²) in [6.45, 7) is 9.83. The summed E-state index contributed by atoms with van der Waals surface area (Å²) in [5.74, 6) is -0.670. The maximum Gasteiger partial charge on any atom is 0.334 e. The molecular weight excluding hydrogens is 292 g/mol. The molecule has 0 spiro atoms. The zero-order valence-corrected chi connectivity index (χ0v) is 14.1. The molecule has 3 aliphatic rings. The van der Waals surface area contributed by atoms with Gasteiger partial charge in [0.05, 0.1) is 5.92 Å². The van der Waals surface area contributed by atoms with Crippen molar-refractivity contribution in [1.82, 2.24) is 0 Å². The number of hydrogen-bond acceptors (Lipinski definition) is 4. The molecule has 1 unspecified atom stereocenters. The molecule has 4 heteroatoms. The molecule has 1 heterocycles. The van der Waals surface area contributed by atoms with Crippen LogP contribution in [0.4, 0.5) is 0 Å². The topological polar surface area (TPSA) is 52.6 Å². The highest BCUT2D eigenvalue weighted by Gasteiger charge is 2.56. The van der Waals surface area contributed by atoms with Crippen molar-refractivity contribution in [1.29, 1.82) is 0 Å². The Morgan fingerprint density at radius 3 is 2.87 bits per heavy atom. The number of carbonyl (C=O) groups is 2. The summed E-state index contributed by atoms with van der Waals surface area (Å²) in [6, 6.07) is 0. The molecule has 2 aliphatic carbocycles. The number of esters is 2. The van der Waals surface area contributed by atoms with Crippen molar-refractivity contribution in [2.75, 3.05) is 0 Å². The van der Waals surface area contributed by atoms with Gasteiger partial charge in [0.1, 0.15) is 11.7 Å². The van der Waals surface area contributed by atoms with Crippen molar-refractivity contribution in [3.63, 3.8) is 0 Å². The summed E-state index contributed by atoms with van der Waals surface area (Å²) >= 11 is 0. The van der Waals surface area contributed by atoms with Crippen LogP contribution in [0.15, 0.2) is 35.5 Å². The number of fused-ring (bicyclic) bond motifs is 3. The average molecular weight is 316 g/mol. The lowest BCUT2D eigenvalue weighted by molar-refractivity contribution is -0.161. The van der Waals surface area contributed by atoms with E-state index in [4.69, 9.17) is 9.47 Å². The fraction of sp³-hybridized carbons (Fsp3) is 0.579. The quantitative estimate of drug-likeness (QED) is 0.444. The van der Waals surface area contributed by atoms with Gasteiger partial charge in [-0.05, 0) is 46.5 Å². The van der Waals surface area contributed by atoms with Crippen LogP contribution in [0, 0.1) is 11.8 Å². The molecule has 0 N–H and O–H groups in total. The number of carbonyl (C=O) groups excluding carboxylic acids is 2. The van der Waals surface area contributed by atoms with E-state index < -0.39 is 5.60 Å². The second-order valence-electron chi connectivity index (χ2n) is 7.06. The van der Waals surface area contributed by atoms with E-state index in [1.54, 1.807) is 13.0 Å². The second-order valence-corrected chi connectivity index (χ2v) is 7.06. The van der Waals surface area contributed by atoms with E-state index in [0.717, 1.165) is 25.7 Å². The predicted molar refractivity (Wildman–Crippen MR) is 86.5 cm³/mol. The normalized spacial score (nSPS) is 36.7. The van der Waals surface area contributed by atoms with E-state index in [-0.39, 0.29) is 29.9 Å². The standard InChI is InChI=1S/C19H24O4/c1-5-6-15(20)23-19(4)10-9-13-11(2)7-8-14-12(3)18(21)22-17(14)16(13)19/h5-6,14,16-17H,3,7-10H2,1-2,4H3/b6-5+/t14-,16?,17-,19+/m0/s1. The lowest BCUT2D eigenvalue weighted by atomic mass is 9.79. The van der Waals surface area contributed by atoms with Crippen LogP contribution in [0.1, 0.15) is 46.5 Å². The highest BCUT2D eigenvalue weighted by Crippen LogP contribution is 2.53. The van der Waals surface area contributed by atoms with Crippen LogP contribution in [0.25, 0.3) is 0 Å². The lowest BCUT2D eigenvalue weighted by Gasteiger charge is -2.35. The molecule has 23 heavy (non-hydrogen) atoms. The van der Waals surface area contributed by atoms with E-state index in [9.17, 15) is 9.59 Å². The monoisotopic (exact) mass is 316 g/mol. The first-order valence-corrected chi connectivity index (χ1v) is 8.31. The zero-order chi connectivity index (χ0) is 16.8. The number of ether oxygens (including phenoxy) is 2. The minimum Gasteiger partial charge on any atom is -0.458 e. The van der Waals surface area contributed by atoms with Gasteiger partial charge in [-0.1, -0.05) is 23.8 Å². The largest absolute Gasteiger partial charge is 0.458 e.